The number of amides is 1. The summed E-state index contributed by atoms with van der Waals surface area (Å²) in [5, 5.41) is 9.78. The number of para-hydroxylation sites is 2. The minimum absolute atomic E-state index is 0.0685. The van der Waals surface area contributed by atoms with Gasteiger partial charge in [0.2, 0.25) is 0 Å². The predicted octanol–water partition coefficient (Wildman–Crippen LogP) is 7.24. The van der Waals surface area contributed by atoms with Crippen molar-refractivity contribution < 1.29 is 28.9 Å². The summed E-state index contributed by atoms with van der Waals surface area (Å²) < 4.78 is 16.7. The third-order valence-electron chi connectivity index (χ3n) is 6.94. The lowest BCUT2D eigenvalue weighted by Crippen LogP contribution is -2.45. The molecule has 1 aliphatic heterocycles. The van der Waals surface area contributed by atoms with Crippen LogP contribution in [0.1, 0.15) is 18.9 Å². The molecule has 0 bridgehead atoms. The van der Waals surface area contributed by atoms with Crippen LogP contribution in [0.5, 0.6) is 17.2 Å². The standard InChI is InChI=1S/C33H32N2O6S/c1-3-27(32(36)37)35(33(38)41-26-18-16-24(39-2)17-19-26)22-23-12-14-25(15-13-23)40-21-20-34-28-8-4-6-10-30(28)42-31-11-7-5-9-29(31)34/h4-19,27H,3,20-22H2,1-2H3,(H,36,37). The van der Waals surface area contributed by atoms with E-state index in [-0.39, 0.29) is 13.0 Å². The molecule has 1 unspecified atom stereocenters. The molecule has 1 atom stereocenters. The number of hydrogen-bond donors (Lipinski definition) is 1. The first-order chi connectivity index (χ1) is 20.5. The van der Waals surface area contributed by atoms with E-state index in [0.29, 0.717) is 30.4 Å². The Balaban J connectivity index is 1.24. The van der Waals surface area contributed by atoms with Crippen LogP contribution < -0.4 is 19.1 Å². The van der Waals surface area contributed by atoms with Gasteiger partial charge in [-0.15, -0.1) is 0 Å². The summed E-state index contributed by atoms with van der Waals surface area (Å²) >= 11 is 1.77. The van der Waals surface area contributed by atoms with Crippen molar-refractivity contribution in [2.75, 3.05) is 25.2 Å². The Labute approximate surface area is 249 Å². The number of carboxylic acids is 1. The Morgan fingerprint density at radius 2 is 1.40 bits per heavy atom. The number of methoxy groups -OCH3 is 1. The van der Waals surface area contributed by atoms with Crippen molar-refractivity contribution in [2.24, 2.45) is 0 Å². The molecule has 9 heteroatoms. The second kappa shape index (κ2) is 13.4. The van der Waals surface area contributed by atoms with Crippen LogP contribution in [0.3, 0.4) is 0 Å². The minimum atomic E-state index is -1.09. The Bertz CT molecular complexity index is 1480. The highest BCUT2D eigenvalue weighted by Crippen LogP contribution is 2.47. The zero-order valence-electron chi connectivity index (χ0n) is 23.4. The van der Waals surface area contributed by atoms with Gasteiger partial charge < -0.3 is 24.2 Å². The van der Waals surface area contributed by atoms with Crippen molar-refractivity contribution in [1.29, 1.82) is 0 Å². The third kappa shape index (κ3) is 6.63. The number of carbonyl (C=O) groups excluding carboxylic acids is 1. The summed E-state index contributed by atoms with van der Waals surface area (Å²) in [4.78, 5) is 31.0. The normalized spacial score (nSPS) is 12.5. The molecule has 1 heterocycles. The summed E-state index contributed by atoms with van der Waals surface area (Å²) in [7, 11) is 1.55. The average molecular weight is 585 g/mol. The van der Waals surface area contributed by atoms with Crippen molar-refractivity contribution in [3.05, 3.63) is 103 Å². The quantitative estimate of drug-likeness (QED) is 0.197. The molecule has 4 aromatic rings. The highest BCUT2D eigenvalue weighted by atomic mass is 32.2. The van der Waals surface area contributed by atoms with Gasteiger partial charge in [-0.3, -0.25) is 4.90 Å². The highest BCUT2D eigenvalue weighted by Gasteiger charge is 2.30. The number of anilines is 2. The van der Waals surface area contributed by atoms with Gasteiger partial charge in [-0.2, -0.15) is 0 Å². The molecule has 0 fully saturated rings. The lowest BCUT2D eigenvalue weighted by atomic mass is 10.1. The van der Waals surface area contributed by atoms with E-state index in [9.17, 15) is 14.7 Å². The van der Waals surface area contributed by atoms with Crippen molar-refractivity contribution >= 4 is 35.2 Å². The lowest BCUT2D eigenvalue weighted by molar-refractivity contribution is -0.142. The van der Waals surface area contributed by atoms with Gasteiger partial charge in [0.15, 0.2) is 0 Å². The van der Waals surface area contributed by atoms with Crippen molar-refractivity contribution in [3.63, 3.8) is 0 Å². The lowest BCUT2D eigenvalue weighted by Gasteiger charge is -2.32. The fourth-order valence-corrected chi connectivity index (χ4v) is 5.89. The summed E-state index contributed by atoms with van der Waals surface area (Å²) in [5.41, 5.74) is 3.07. The largest absolute Gasteiger partial charge is 0.497 e. The molecule has 8 nitrogen and oxygen atoms in total. The van der Waals surface area contributed by atoms with Crippen LogP contribution in [0, 0.1) is 0 Å². The van der Waals surface area contributed by atoms with Crippen LogP contribution in [-0.2, 0) is 11.3 Å². The first kappa shape index (κ1) is 28.9. The molecule has 42 heavy (non-hydrogen) atoms. The number of ether oxygens (including phenoxy) is 3. The van der Waals surface area contributed by atoms with Crippen LogP contribution >= 0.6 is 11.8 Å². The van der Waals surface area contributed by atoms with Crippen molar-refractivity contribution in [1.82, 2.24) is 4.90 Å². The van der Waals surface area contributed by atoms with E-state index in [2.05, 4.69) is 41.3 Å². The van der Waals surface area contributed by atoms with E-state index >= 15 is 0 Å². The van der Waals surface area contributed by atoms with Crippen LogP contribution in [0.4, 0.5) is 16.2 Å². The molecule has 1 amide bonds. The van der Waals surface area contributed by atoms with Gasteiger partial charge in [-0.05, 0) is 72.6 Å². The zero-order valence-corrected chi connectivity index (χ0v) is 24.3. The number of carboxylic acid groups (broad SMARTS) is 1. The number of carbonyl (C=O) groups is 2. The predicted molar refractivity (Wildman–Crippen MR) is 162 cm³/mol. The first-order valence-electron chi connectivity index (χ1n) is 13.7. The summed E-state index contributed by atoms with van der Waals surface area (Å²) in [5.74, 6) is 0.510. The molecule has 5 rings (SSSR count). The molecule has 0 saturated carbocycles. The second-order valence-electron chi connectivity index (χ2n) is 9.62. The Morgan fingerprint density at radius 3 is 1.98 bits per heavy atom. The minimum Gasteiger partial charge on any atom is -0.497 e. The van der Waals surface area contributed by atoms with Crippen molar-refractivity contribution in [2.45, 2.75) is 35.7 Å². The SMILES string of the molecule is CCC(C(=O)O)N(Cc1ccc(OCCN2c3ccccc3Sc3ccccc32)cc1)C(=O)Oc1ccc(OC)cc1. The summed E-state index contributed by atoms with van der Waals surface area (Å²) in [6.45, 7) is 2.92. The zero-order chi connectivity index (χ0) is 29.5. The molecule has 0 radical (unpaired) electrons. The number of hydrogen-bond acceptors (Lipinski definition) is 7. The molecule has 0 saturated heterocycles. The third-order valence-corrected chi connectivity index (χ3v) is 8.07. The van der Waals surface area contributed by atoms with Gasteiger partial charge in [-0.1, -0.05) is 55.1 Å². The number of nitrogens with zero attached hydrogens (tertiary/aromatic N) is 2. The molecule has 216 valence electrons. The molecular formula is C33H32N2O6S. The Morgan fingerprint density at radius 1 is 0.833 bits per heavy atom. The van der Waals surface area contributed by atoms with E-state index in [1.54, 1.807) is 50.1 Å². The molecular weight excluding hydrogens is 552 g/mol. The summed E-state index contributed by atoms with van der Waals surface area (Å²) in [6, 6.07) is 29.5. The second-order valence-corrected chi connectivity index (χ2v) is 10.7. The van der Waals surface area contributed by atoms with E-state index in [4.69, 9.17) is 14.2 Å². The van der Waals surface area contributed by atoms with Crippen LogP contribution in [0.25, 0.3) is 0 Å². The molecule has 0 aromatic heterocycles. The van der Waals surface area contributed by atoms with Crippen LogP contribution in [0.2, 0.25) is 0 Å². The van der Waals surface area contributed by atoms with E-state index in [1.807, 2.05) is 36.4 Å². The average Bonchev–Trinajstić information content (AvgIpc) is 3.01. The maximum atomic E-state index is 13.1. The number of aliphatic carboxylic acids is 1. The smallest absolute Gasteiger partial charge is 0.416 e. The van der Waals surface area contributed by atoms with Gasteiger partial charge in [-0.25, -0.2) is 9.59 Å². The molecule has 1 N–H and O–H groups in total. The van der Waals surface area contributed by atoms with Crippen LogP contribution in [-0.4, -0.2) is 48.4 Å². The van der Waals surface area contributed by atoms with E-state index < -0.39 is 18.1 Å². The van der Waals surface area contributed by atoms with Gasteiger partial charge in [0, 0.05) is 16.3 Å². The fraction of sp³-hybridized carbons (Fsp3) is 0.212. The number of benzene rings is 4. The monoisotopic (exact) mass is 584 g/mol. The molecule has 4 aromatic carbocycles. The fourth-order valence-electron chi connectivity index (χ4n) is 4.80. The van der Waals surface area contributed by atoms with E-state index in [0.717, 1.165) is 16.9 Å². The maximum absolute atomic E-state index is 13.1. The van der Waals surface area contributed by atoms with Gasteiger partial charge in [0.25, 0.3) is 0 Å². The van der Waals surface area contributed by atoms with Gasteiger partial charge in [0.05, 0.1) is 25.0 Å². The molecule has 1 aliphatic rings. The summed E-state index contributed by atoms with van der Waals surface area (Å²) in [6.07, 6.45) is -0.509. The first-order valence-corrected chi connectivity index (χ1v) is 14.5. The maximum Gasteiger partial charge on any atom is 0.416 e. The highest BCUT2D eigenvalue weighted by molar-refractivity contribution is 7.99. The Kier molecular flexibility index (Phi) is 9.18. The number of fused-ring (bicyclic) bond motifs is 2. The topological polar surface area (TPSA) is 88.5 Å². The van der Waals surface area contributed by atoms with Crippen molar-refractivity contribution in [3.8, 4) is 17.2 Å². The van der Waals surface area contributed by atoms with Gasteiger partial charge in [0.1, 0.15) is 29.9 Å². The van der Waals surface area contributed by atoms with Gasteiger partial charge >= 0.3 is 12.1 Å². The Hall–Kier alpha value is -4.63. The van der Waals surface area contributed by atoms with Crippen LogP contribution in [0.15, 0.2) is 107 Å². The number of rotatable bonds is 11. The molecule has 0 aliphatic carbocycles. The molecule has 0 spiro atoms. The van der Waals surface area contributed by atoms with E-state index in [1.165, 1.54) is 14.7 Å².